The van der Waals surface area contributed by atoms with Gasteiger partial charge in [-0.2, -0.15) is 0 Å². The summed E-state index contributed by atoms with van der Waals surface area (Å²) in [7, 11) is 1.62. The van der Waals surface area contributed by atoms with Crippen LogP contribution < -0.4 is 4.74 Å². The lowest BCUT2D eigenvalue weighted by Crippen LogP contribution is -2.41. The van der Waals surface area contributed by atoms with E-state index in [0.29, 0.717) is 36.6 Å². The largest absolute Gasteiger partial charge is 0.497 e. The Labute approximate surface area is 164 Å². The quantitative estimate of drug-likeness (QED) is 0.652. The second kappa shape index (κ2) is 8.07. The minimum Gasteiger partial charge on any atom is -0.497 e. The Balaban J connectivity index is 1.41. The van der Waals surface area contributed by atoms with E-state index in [1.807, 2.05) is 48.2 Å². The number of hydrogen-bond donors (Lipinski definition) is 0. The first-order chi connectivity index (χ1) is 13.7. The van der Waals surface area contributed by atoms with Crippen molar-refractivity contribution in [2.75, 3.05) is 20.2 Å². The molecule has 1 aliphatic heterocycles. The molecule has 2 aromatic carbocycles. The number of amides is 1. The van der Waals surface area contributed by atoms with Gasteiger partial charge in [0, 0.05) is 18.5 Å². The molecule has 0 bridgehead atoms. The van der Waals surface area contributed by atoms with Crippen LogP contribution >= 0.6 is 0 Å². The van der Waals surface area contributed by atoms with Crippen LogP contribution in [0.5, 0.6) is 5.75 Å². The lowest BCUT2D eigenvalue weighted by atomic mass is 10.0. The highest BCUT2D eigenvalue weighted by Crippen LogP contribution is 2.30. The zero-order chi connectivity index (χ0) is 19.5. The van der Waals surface area contributed by atoms with E-state index in [2.05, 4.69) is 12.1 Å². The molecule has 0 unspecified atom stereocenters. The van der Waals surface area contributed by atoms with Gasteiger partial charge in [-0.05, 0) is 43.5 Å². The fraction of sp³-hybridized carbons (Fsp3) is 0.348. The topological polar surface area (TPSA) is 51.9 Å². The Morgan fingerprint density at radius 1 is 1.14 bits per heavy atom. The maximum Gasteiger partial charge on any atom is 0.258 e. The molecule has 5 heteroatoms. The summed E-state index contributed by atoms with van der Waals surface area (Å²) >= 11 is 0. The van der Waals surface area contributed by atoms with Crippen LogP contribution in [-0.4, -0.2) is 37.1 Å². The van der Waals surface area contributed by atoms with Crippen molar-refractivity contribution in [2.24, 2.45) is 0 Å². The van der Waals surface area contributed by atoms with Gasteiger partial charge in [-0.3, -0.25) is 4.79 Å². The normalized spacial score (nSPS) is 15.1. The molecule has 1 aromatic heterocycles. The molecule has 0 aliphatic carbocycles. The third-order valence-corrected chi connectivity index (χ3v) is 5.34. The van der Waals surface area contributed by atoms with E-state index in [9.17, 15) is 4.79 Å². The number of carbonyl (C=O) groups excluding carboxylic acids is 1. The summed E-state index contributed by atoms with van der Waals surface area (Å²) in [4.78, 5) is 15.1. The molecule has 0 radical (unpaired) electrons. The number of piperidine rings is 1. The average molecular weight is 379 g/mol. The van der Waals surface area contributed by atoms with Crippen molar-refractivity contribution in [3.63, 3.8) is 0 Å². The van der Waals surface area contributed by atoms with E-state index in [-0.39, 0.29) is 12.0 Å². The van der Waals surface area contributed by atoms with Gasteiger partial charge in [0.1, 0.15) is 17.1 Å². The maximum absolute atomic E-state index is 13.2. The van der Waals surface area contributed by atoms with Crippen molar-refractivity contribution in [1.29, 1.82) is 0 Å². The fourth-order valence-electron chi connectivity index (χ4n) is 3.76. The van der Waals surface area contributed by atoms with Gasteiger partial charge in [0.2, 0.25) is 0 Å². The van der Waals surface area contributed by atoms with Crippen molar-refractivity contribution in [2.45, 2.75) is 32.5 Å². The molecule has 0 atom stereocenters. The first-order valence-electron chi connectivity index (χ1n) is 9.67. The van der Waals surface area contributed by atoms with Crippen molar-refractivity contribution >= 4 is 16.9 Å². The summed E-state index contributed by atoms with van der Waals surface area (Å²) in [6, 6.07) is 15.7. The highest BCUT2D eigenvalue weighted by atomic mass is 16.5. The van der Waals surface area contributed by atoms with Crippen LogP contribution in [0.4, 0.5) is 0 Å². The molecule has 0 saturated carbocycles. The number of ether oxygens (including phenoxy) is 2. The highest BCUT2D eigenvalue weighted by Gasteiger charge is 2.28. The van der Waals surface area contributed by atoms with Gasteiger partial charge in [-0.25, -0.2) is 0 Å². The molecular formula is C23H25NO4. The zero-order valence-electron chi connectivity index (χ0n) is 16.3. The molecule has 146 valence electrons. The summed E-state index contributed by atoms with van der Waals surface area (Å²) in [5.41, 5.74) is 2.52. The Kier molecular flexibility index (Phi) is 5.35. The van der Waals surface area contributed by atoms with E-state index in [1.165, 1.54) is 5.56 Å². The minimum atomic E-state index is 0.0195. The summed E-state index contributed by atoms with van der Waals surface area (Å²) < 4.78 is 17.1. The second-order valence-corrected chi connectivity index (χ2v) is 7.18. The van der Waals surface area contributed by atoms with Crippen molar-refractivity contribution in [3.05, 3.63) is 65.4 Å². The first-order valence-corrected chi connectivity index (χ1v) is 9.67. The summed E-state index contributed by atoms with van der Waals surface area (Å²) in [6.07, 6.45) is 1.87. The van der Waals surface area contributed by atoms with Crippen LogP contribution in [0, 0.1) is 6.92 Å². The van der Waals surface area contributed by atoms with Gasteiger partial charge in [-0.1, -0.05) is 30.3 Å². The fourth-order valence-corrected chi connectivity index (χ4v) is 3.76. The molecule has 1 aliphatic rings. The lowest BCUT2D eigenvalue weighted by molar-refractivity contribution is -0.000371. The number of furan rings is 1. The van der Waals surface area contributed by atoms with Gasteiger partial charge >= 0.3 is 0 Å². The molecule has 1 fully saturated rings. The first kappa shape index (κ1) is 18.6. The minimum absolute atomic E-state index is 0.0195. The van der Waals surface area contributed by atoms with Gasteiger partial charge in [0.15, 0.2) is 0 Å². The standard InChI is InChI=1S/C23H25NO4/c1-16-22(20-14-19(26-2)8-9-21(20)28-16)23(25)24-12-10-18(11-13-24)27-15-17-6-4-3-5-7-17/h3-9,14,18H,10-13,15H2,1-2H3. The third kappa shape index (κ3) is 3.76. The third-order valence-electron chi connectivity index (χ3n) is 5.34. The number of carbonyl (C=O) groups is 1. The van der Waals surface area contributed by atoms with Crippen LogP contribution in [0.3, 0.4) is 0 Å². The molecule has 4 rings (SSSR count). The van der Waals surface area contributed by atoms with E-state index in [0.717, 1.165) is 24.0 Å². The number of aryl methyl sites for hydroxylation is 1. The van der Waals surface area contributed by atoms with Crippen LogP contribution in [-0.2, 0) is 11.3 Å². The van der Waals surface area contributed by atoms with Gasteiger partial charge in [0.05, 0.1) is 25.4 Å². The van der Waals surface area contributed by atoms with Crippen LogP contribution in [0.1, 0.15) is 34.5 Å². The lowest BCUT2D eigenvalue weighted by Gasteiger charge is -2.32. The van der Waals surface area contributed by atoms with E-state index in [1.54, 1.807) is 7.11 Å². The zero-order valence-corrected chi connectivity index (χ0v) is 16.3. The number of rotatable bonds is 5. The average Bonchev–Trinajstić information content (AvgIpc) is 3.07. The number of hydrogen-bond acceptors (Lipinski definition) is 4. The molecule has 1 saturated heterocycles. The number of methoxy groups -OCH3 is 1. The second-order valence-electron chi connectivity index (χ2n) is 7.18. The molecule has 0 N–H and O–H groups in total. The molecule has 1 amide bonds. The predicted molar refractivity (Wildman–Crippen MR) is 108 cm³/mol. The molecule has 3 aromatic rings. The molecule has 0 spiro atoms. The summed E-state index contributed by atoms with van der Waals surface area (Å²) in [5, 5.41) is 0.810. The Morgan fingerprint density at radius 3 is 2.61 bits per heavy atom. The smallest absolute Gasteiger partial charge is 0.258 e. The van der Waals surface area contributed by atoms with Crippen LogP contribution in [0.15, 0.2) is 52.9 Å². The van der Waals surface area contributed by atoms with Crippen molar-refractivity contribution in [1.82, 2.24) is 4.90 Å². The van der Waals surface area contributed by atoms with E-state index < -0.39 is 0 Å². The monoisotopic (exact) mass is 379 g/mol. The maximum atomic E-state index is 13.2. The van der Waals surface area contributed by atoms with E-state index in [4.69, 9.17) is 13.9 Å². The molecule has 2 heterocycles. The molecule has 28 heavy (non-hydrogen) atoms. The van der Waals surface area contributed by atoms with Crippen LogP contribution in [0.25, 0.3) is 11.0 Å². The van der Waals surface area contributed by atoms with Crippen molar-refractivity contribution in [3.8, 4) is 5.75 Å². The van der Waals surface area contributed by atoms with Gasteiger partial charge < -0.3 is 18.8 Å². The number of benzene rings is 2. The van der Waals surface area contributed by atoms with Gasteiger partial charge in [0.25, 0.3) is 5.91 Å². The Morgan fingerprint density at radius 2 is 1.89 bits per heavy atom. The number of fused-ring (bicyclic) bond motifs is 1. The SMILES string of the molecule is COc1ccc2oc(C)c(C(=O)N3CCC(OCc4ccccc4)CC3)c2c1. The Hall–Kier alpha value is -2.79. The van der Waals surface area contributed by atoms with Crippen LogP contribution in [0.2, 0.25) is 0 Å². The highest BCUT2D eigenvalue weighted by molar-refractivity contribution is 6.07. The molecular weight excluding hydrogens is 354 g/mol. The van der Waals surface area contributed by atoms with Crippen molar-refractivity contribution < 1.29 is 18.7 Å². The van der Waals surface area contributed by atoms with Gasteiger partial charge in [-0.15, -0.1) is 0 Å². The number of nitrogens with zero attached hydrogens (tertiary/aromatic N) is 1. The molecule has 5 nitrogen and oxygen atoms in total. The summed E-state index contributed by atoms with van der Waals surface area (Å²) in [5.74, 6) is 1.39. The number of likely N-dealkylation sites (tertiary alicyclic amines) is 1. The summed E-state index contributed by atoms with van der Waals surface area (Å²) in [6.45, 7) is 3.84. The predicted octanol–water partition coefficient (Wildman–Crippen LogP) is 4.57. The van der Waals surface area contributed by atoms with E-state index >= 15 is 0 Å². The Bertz CT molecular complexity index is 955.